The quantitative estimate of drug-likeness (QED) is 0.564. The van der Waals surface area contributed by atoms with Crippen LogP contribution in [0.5, 0.6) is 0 Å². The SMILES string of the molecule is O=C1NC(c2ccc(F)cc2)C(C(=O)c2ccccc2)C(O)(C(F)(F)F)N1. The molecule has 0 radical (unpaired) electrons. The number of halogens is 4. The molecular weight excluding hydrogens is 368 g/mol. The first-order valence-corrected chi connectivity index (χ1v) is 7.86. The highest BCUT2D eigenvalue weighted by Gasteiger charge is 2.66. The molecule has 3 atom stereocenters. The first-order valence-electron chi connectivity index (χ1n) is 7.86. The molecule has 5 nitrogen and oxygen atoms in total. The fourth-order valence-corrected chi connectivity index (χ4v) is 3.07. The van der Waals surface area contributed by atoms with E-state index in [4.69, 9.17) is 0 Å². The molecule has 1 fully saturated rings. The molecule has 2 aromatic rings. The molecule has 3 unspecified atom stereocenters. The molecular formula is C18H14F4N2O3. The Hall–Kier alpha value is -2.94. The third kappa shape index (κ3) is 3.37. The number of ketones is 1. The zero-order valence-electron chi connectivity index (χ0n) is 13.6. The molecule has 0 bridgehead atoms. The minimum Gasteiger partial charge on any atom is -0.363 e. The Kier molecular flexibility index (Phi) is 4.64. The van der Waals surface area contributed by atoms with Gasteiger partial charge in [-0.05, 0) is 17.7 Å². The molecule has 9 heteroatoms. The van der Waals surface area contributed by atoms with Crippen LogP contribution in [0.4, 0.5) is 22.4 Å². The molecule has 3 N–H and O–H groups in total. The maximum absolute atomic E-state index is 13.7. The van der Waals surface area contributed by atoms with Crippen LogP contribution in [0.1, 0.15) is 22.0 Å². The van der Waals surface area contributed by atoms with E-state index in [1.165, 1.54) is 29.6 Å². The number of alkyl halides is 3. The molecule has 2 amide bonds. The second kappa shape index (κ2) is 6.66. The van der Waals surface area contributed by atoms with Crippen LogP contribution < -0.4 is 10.6 Å². The second-order valence-corrected chi connectivity index (χ2v) is 6.10. The number of rotatable bonds is 3. The Bertz CT molecular complexity index is 855. The Morgan fingerprint density at radius 3 is 2.19 bits per heavy atom. The summed E-state index contributed by atoms with van der Waals surface area (Å²) >= 11 is 0. The van der Waals surface area contributed by atoms with Crippen LogP contribution in [-0.4, -0.2) is 28.8 Å². The van der Waals surface area contributed by atoms with E-state index in [-0.39, 0.29) is 11.1 Å². The zero-order valence-corrected chi connectivity index (χ0v) is 13.6. The molecule has 142 valence electrons. The minimum atomic E-state index is -5.34. The van der Waals surface area contributed by atoms with Crippen molar-refractivity contribution in [1.82, 2.24) is 10.6 Å². The summed E-state index contributed by atoms with van der Waals surface area (Å²) in [5, 5.41) is 14.0. The smallest absolute Gasteiger partial charge is 0.363 e. The van der Waals surface area contributed by atoms with E-state index in [1.807, 2.05) is 0 Å². The summed E-state index contributed by atoms with van der Waals surface area (Å²) in [5.41, 5.74) is -3.83. The number of aliphatic hydroxyl groups is 1. The molecule has 2 aromatic carbocycles. The third-order valence-electron chi connectivity index (χ3n) is 4.38. The molecule has 0 aromatic heterocycles. The highest BCUT2D eigenvalue weighted by atomic mass is 19.4. The number of urea groups is 1. The van der Waals surface area contributed by atoms with Gasteiger partial charge in [0, 0.05) is 5.56 Å². The van der Waals surface area contributed by atoms with Crippen molar-refractivity contribution < 1.29 is 32.3 Å². The third-order valence-corrected chi connectivity index (χ3v) is 4.38. The summed E-state index contributed by atoms with van der Waals surface area (Å²) < 4.78 is 54.2. The molecule has 3 rings (SSSR count). The predicted octanol–water partition coefficient (Wildman–Crippen LogP) is 2.93. The van der Waals surface area contributed by atoms with Crippen molar-refractivity contribution in [2.24, 2.45) is 5.92 Å². The number of hydrogen-bond donors (Lipinski definition) is 3. The van der Waals surface area contributed by atoms with Gasteiger partial charge in [-0.1, -0.05) is 42.5 Å². The van der Waals surface area contributed by atoms with Gasteiger partial charge in [-0.15, -0.1) is 0 Å². The van der Waals surface area contributed by atoms with Crippen molar-refractivity contribution >= 4 is 11.8 Å². The predicted molar refractivity (Wildman–Crippen MR) is 86.1 cm³/mol. The number of benzene rings is 2. The van der Waals surface area contributed by atoms with Crippen LogP contribution in [0.25, 0.3) is 0 Å². The van der Waals surface area contributed by atoms with Crippen molar-refractivity contribution in [3.8, 4) is 0 Å². The molecule has 1 saturated heterocycles. The van der Waals surface area contributed by atoms with Gasteiger partial charge in [-0.2, -0.15) is 13.2 Å². The molecule has 27 heavy (non-hydrogen) atoms. The van der Waals surface area contributed by atoms with Crippen LogP contribution in [0.2, 0.25) is 0 Å². The summed E-state index contributed by atoms with van der Waals surface area (Å²) in [6, 6.07) is 8.53. The highest BCUT2D eigenvalue weighted by Crippen LogP contribution is 2.43. The van der Waals surface area contributed by atoms with E-state index in [9.17, 15) is 32.3 Å². The van der Waals surface area contributed by atoms with Crippen molar-refractivity contribution in [2.75, 3.05) is 0 Å². The first kappa shape index (κ1) is 18.8. The van der Waals surface area contributed by atoms with Crippen LogP contribution >= 0.6 is 0 Å². The van der Waals surface area contributed by atoms with Crippen molar-refractivity contribution in [3.63, 3.8) is 0 Å². The number of hydrogen-bond acceptors (Lipinski definition) is 3. The summed E-state index contributed by atoms with van der Waals surface area (Å²) in [7, 11) is 0. The normalized spacial score (nSPS) is 25.4. The zero-order chi connectivity index (χ0) is 19.8. The van der Waals surface area contributed by atoms with E-state index in [0.29, 0.717) is 0 Å². The van der Waals surface area contributed by atoms with Gasteiger partial charge in [-0.25, -0.2) is 9.18 Å². The summed E-state index contributed by atoms with van der Waals surface area (Å²) in [6.45, 7) is 0. The first-order chi connectivity index (χ1) is 12.6. The lowest BCUT2D eigenvalue weighted by molar-refractivity contribution is -0.287. The van der Waals surface area contributed by atoms with Crippen LogP contribution in [0.15, 0.2) is 54.6 Å². The van der Waals surface area contributed by atoms with Crippen molar-refractivity contribution in [2.45, 2.75) is 17.9 Å². The second-order valence-electron chi connectivity index (χ2n) is 6.10. The fraction of sp³-hybridized carbons (Fsp3) is 0.222. The maximum Gasteiger partial charge on any atom is 0.437 e. The van der Waals surface area contributed by atoms with Crippen LogP contribution in [-0.2, 0) is 0 Å². The molecule has 1 aliphatic rings. The topological polar surface area (TPSA) is 78.4 Å². The number of carbonyl (C=O) groups is 2. The average Bonchev–Trinajstić information content (AvgIpc) is 2.61. The Morgan fingerprint density at radius 2 is 1.63 bits per heavy atom. The van der Waals surface area contributed by atoms with Gasteiger partial charge in [0.05, 0.1) is 6.04 Å². The average molecular weight is 382 g/mol. The molecule has 0 spiro atoms. The van der Waals surface area contributed by atoms with E-state index in [1.54, 1.807) is 6.07 Å². The molecule has 0 saturated carbocycles. The van der Waals surface area contributed by atoms with Gasteiger partial charge < -0.3 is 15.7 Å². The van der Waals surface area contributed by atoms with Gasteiger partial charge in [0.25, 0.3) is 0 Å². The number of carbonyl (C=O) groups excluding carboxylic acids is 2. The molecule has 1 aliphatic heterocycles. The Labute approximate surface area is 151 Å². The maximum atomic E-state index is 13.7. The van der Waals surface area contributed by atoms with Crippen molar-refractivity contribution in [1.29, 1.82) is 0 Å². The summed E-state index contributed by atoms with van der Waals surface area (Å²) in [6.07, 6.45) is -5.34. The van der Waals surface area contributed by atoms with Crippen LogP contribution in [0.3, 0.4) is 0 Å². The molecule has 0 aliphatic carbocycles. The number of Topliss-reactive ketones (excluding diaryl/α,β-unsaturated/α-hetero) is 1. The lowest BCUT2D eigenvalue weighted by atomic mass is 9.77. The van der Waals surface area contributed by atoms with E-state index in [2.05, 4.69) is 5.32 Å². The Morgan fingerprint density at radius 1 is 1.04 bits per heavy atom. The summed E-state index contributed by atoms with van der Waals surface area (Å²) in [4.78, 5) is 24.7. The van der Waals surface area contributed by atoms with E-state index in [0.717, 1.165) is 24.3 Å². The largest absolute Gasteiger partial charge is 0.437 e. The minimum absolute atomic E-state index is 0.0446. The standard InChI is InChI=1S/C18H14F4N2O3/c19-12-8-6-10(7-9-12)14-13(15(25)11-4-2-1-3-5-11)17(27,18(20,21)22)24-16(26)23-14/h1-9,13-14,27H,(H2,23,24,26). The van der Waals surface area contributed by atoms with Gasteiger partial charge in [0.15, 0.2) is 5.78 Å². The monoisotopic (exact) mass is 382 g/mol. The van der Waals surface area contributed by atoms with Gasteiger partial charge in [0.1, 0.15) is 11.7 Å². The van der Waals surface area contributed by atoms with E-state index >= 15 is 0 Å². The number of nitrogens with one attached hydrogen (secondary N) is 2. The molecule has 1 heterocycles. The highest BCUT2D eigenvalue weighted by molar-refractivity contribution is 6.00. The van der Waals surface area contributed by atoms with Gasteiger partial charge in [-0.3, -0.25) is 4.79 Å². The summed E-state index contributed by atoms with van der Waals surface area (Å²) in [5.74, 6) is -3.81. The van der Waals surface area contributed by atoms with E-state index < -0.39 is 41.5 Å². The van der Waals surface area contributed by atoms with Crippen molar-refractivity contribution in [3.05, 3.63) is 71.5 Å². The van der Waals surface area contributed by atoms with Gasteiger partial charge in [0.2, 0.25) is 5.72 Å². The number of amides is 2. The lowest BCUT2D eigenvalue weighted by Crippen LogP contribution is -2.72. The van der Waals surface area contributed by atoms with Gasteiger partial charge >= 0.3 is 12.2 Å². The van der Waals surface area contributed by atoms with Crippen LogP contribution in [0, 0.1) is 11.7 Å². The Balaban J connectivity index is 2.15. The lowest BCUT2D eigenvalue weighted by Gasteiger charge is -2.45. The fourth-order valence-electron chi connectivity index (χ4n) is 3.07.